The van der Waals surface area contributed by atoms with E-state index in [1.54, 1.807) is 14.2 Å². The summed E-state index contributed by atoms with van der Waals surface area (Å²) in [4.78, 5) is 6.29. The fraction of sp³-hybridized carbons (Fsp3) is 0.533. The lowest BCUT2D eigenvalue weighted by Crippen LogP contribution is -2.43. The molecular formula is C15H27IN4O. The number of aliphatic imine (C=N–C) groups is 1. The average Bonchev–Trinajstić information content (AvgIpc) is 2.44. The maximum absolute atomic E-state index is 5.10. The minimum atomic E-state index is 0. The number of hydrogen-bond donors (Lipinski definition) is 2. The molecule has 1 aromatic carbocycles. The molecule has 1 atom stereocenters. The lowest BCUT2D eigenvalue weighted by molar-refractivity contribution is 0.179. The van der Waals surface area contributed by atoms with E-state index in [1.807, 2.05) is 14.1 Å². The van der Waals surface area contributed by atoms with Crippen molar-refractivity contribution in [1.82, 2.24) is 10.6 Å². The molecule has 0 heterocycles. The van der Waals surface area contributed by atoms with E-state index >= 15 is 0 Å². The first-order valence-corrected chi connectivity index (χ1v) is 6.79. The molecule has 1 rings (SSSR count). The van der Waals surface area contributed by atoms with Crippen molar-refractivity contribution in [3.63, 3.8) is 0 Å². The lowest BCUT2D eigenvalue weighted by Gasteiger charge is -2.17. The van der Waals surface area contributed by atoms with E-state index in [1.165, 1.54) is 11.3 Å². The first-order valence-electron chi connectivity index (χ1n) is 6.79. The first kappa shape index (κ1) is 20.0. The molecule has 0 amide bonds. The summed E-state index contributed by atoms with van der Waals surface area (Å²) in [6, 6.07) is 8.69. The maximum atomic E-state index is 5.10. The molecule has 0 fully saturated rings. The van der Waals surface area contributed by atoms with Crippen LogP contribution in [0.4, 0.5) is 5.69 Å². The molecule has 0 aliphatic heterocycles. The van der Waals surface area contributed by atoms with Crippen LogP contribution in [0.15, 0.2) is 29.3 Å². The molecule has 2 N–H and O–H groups in total. The van der Waals surface area contributed by atoms with Crippen LogP contribution in [-0.2, 0) is 11.3 Å². The van der Waals surface area contributed by atoms with E-state index in [2.05, 4.69) is 51.7 Å². The van der Waals surface area contributed by atoms with Gasteiger partial charge >= 0.3 is 0 Å². The van der Waals surface area contributed by atoms with Crippen LogP contribution in [0.25, 0.3) is 0 Å². The van der Waals surface area contributed by atoms with Gasteiger partial charge in [0.15, 0.2) is 5.96 Å². The van der Waals surface area contributed by atoms with Crippen LogP contribution in [0.5, 0.6) is 0 Å². The van der Waals surface area contributed by atoms with Crippen LogP contribution in [0, 0.1) is 0 Å². The number of nitrogens with one attached hydrogen (secondary N) is 2. The van der Waals surface area contributed by atoms with Gasteiger partial charge in [0.2, 0.25) is 0 Å². The summed E-state index contributed by atoms with van der Waals surface area (Å²) in [6.07, 6.45) is 0. The highest BCUT2D eigenvalue weighted by Crippen LogP contribution is 2.11. The van der Waals surface area contributed by atoms with Gasteiger partial charge in [0.25, 0.3) is 0 Å². The standard InChI is InChI=1S/C15H26N4O.HI/c1-12(11-20-5)18-15(16-2)17-10-13-6-8-14(9-7-13)19(3)4;/h6-9,12H,10-11H2,1-5H3,(H2,16,17,18);1H. The van der Waals surface area contributed by atoms with Gasteiger partial charge in [0.1, 0.15) is 0 Å². The largest absolute Gasteiger partial charge is 0.383 e. The van der Waals surface area contributed by atoms with Crippen molar-refractivity contribution in [2.24, 2.45) is 4.99 Å². The Hall–Kier alpha value is -1.02. The molecule has 1 aromatic rings. The summed E-state index contributed by atoms with van der Waals surface area (Å²) >= 11 is 0. The van der Waals surface area contributed by atoms with E-state index in [9.17, 15) is 0 Å². The molecule has 0 aromatic heterocycles. The second-order valence-corrected chi connectivity index (χ2v) is 4.99. The lowest BCUT2D eigenvalue weighted by atomic mass is 10.2. The Morgan fingerprint density at radius 3 is 2.38 bits per heavy atom. The molecule has 6 heteroatoms. The second-order valence-electron chi connectivity index (χ2n) is 4.99. The molecule has 0 aliphatic rings. The SMILES string of the molecule is CN=C(NCc1ccc(N(C)C)cc1)NC(C)COC.I. The summed E-state index contributed by atoms with van der Waals surface area (Å²) in [7, 11) is 7.54. The van der Waals surface area contributed by atoms with E-state index in [-0.39, 0.29) is 30.0 Å². The van der Waals surface area contributed by atoms with Crippen LogP contribution in [0.2, 0.25) is 0 Å². The van der Waals surface area contributed by atoms with Crippen molar-refractivity contribution >= 4 is 35.6 Å². The Morgan fingerprint density at radius 1 is 1.29 bits per heavy atom. The fourth-order valence-electron chi connectivity index (χ4n) is 1.82. The third-order valence-corrected chi connectivity index (χ3v) is 2.94. The van der Waals surface area contributed by atoms with Crippen molar-refractivity contribution < 1.29 is 4.74 Å². The van der Waals surface area contributed by atoms with Crippen LogP contribution in [0.1, 0.15) is 12.5 Å². The minimum absolute atomic E-state index is 0. The third kappa shape index (κ3) is 7.52. The van der Waals surface area contributed by atoms with E-state index < -0.39 is 0 Å². The Kier molecular flexibility index (Phi) is 10.2. The zero-order valence-corrected chi connectivity index (χ0v) is 15.8. The predicted octanol–water partition coefficient (Wildman–Crippen LogP) is 2.07. The van der Waals surface area contributed by atoms with E-state index in [0.29, 0.717) is 6.61 Å². The minimum Gasteiger partial charge on any atom is -0.383 e. The van der Waals surface area contributed by atoms with Gasteiger partial charge in [0, 0.05) is 46.5 Å². The molecule has 0 saturated heterocycles. The Labute approximate surface area is 145 Å². The summed E-state index contributed by atoms with van der Waals surface area (Å²) in [6.45, 7) is 3.45. The molecule has 0 radical (unpaired) electrons. The fourth-order valence-corrected chi connectivity index (χ4v) is 1.82. The van der Waals surface area contributed by atoms with Crippen molar-refractivity contribution in [2.45, 2.75) is 19.5 Å². The number of guanidine groups is 1. The zero-order valence-electron chi connectivity index (χ0n) is 13.5. The topological polar surface area (TPSA) is 48.9 Å². The van der Waals surface area contributed by atoms with Crippen LogP contribution in [-0.4, -0.2) is 46.9 Å². The number of methoxy groups -OCH3 is 1. The number of benzene rings is 1. The van der Waals surface area contributed by atoms with Gasteiger partial charge in [-0.2, -0.15) is 0 Å². The predicted molar refractivity (Wildman–Crippen MR) is 101 cm³/mol. The van der Waals surface area contributed by atoms with Crippen molar-refractivity contribution in [1.29, 1.82) is 0 Å². The van der Waals surface area contributed by atoms with Gasteiger partial charge in [-0.05, 0) is 24.6 Å². The molecule has 0 aliphatic carbocycles. The number of rotatable bonds is 6. The van der Waals surface area contributed by atoms with Gasteiger partial charge < -0.3 is 20.3 Å². The van der Waals surface area contributed by atoms with Gasteiger partial charge in [-0.25, -0.2) is 0 Å². The highest BCUT2D eigenvalue weighted by atomic mass is 127. The normalized spacial score (nSPS) is 12.3. The van der Waals surface area contributed by atoms with E-state index in [0.717, 1.165) is 12.5 Å². The summed E-state index contributed by atoms with van der Waals surface area (Å²) in [5.41, 5.74) is 2.42. The molecule has 0 bridgehead atoms. The summed E-state index contributed by atoms with van der Waals surface area (Å²) < 4.78 is 5.10. The number of ether oxygens (including phenoxy) is 1. The number of halogens is 1. The summed E-state index contributed by atoms with van der Waals surface area (Å²) in [5, 5.41) is 6.57. The van der Waals surface area contributed by atoms with Gasteiger partial charge in [-0.1, -0.05) is 12.1 Å². The molecule has 120 valence electrons. The van der Waals surface area contributed by atoms with Crippen molar-refractivity contribution in [3.05, 3.63) is 29.8 Å². The van der Waals surface area contributed by atoms with E-state index in [4.69, 9.17) is 4.74 Å². The number of hydrogen-bond acceptors (Lipinski definition) is 3. The molecule has 0 saturated carbocycles. The Morgan fingerprint density at radius 2 is 1.90 bits per heavy atom. The average molecular weight is 406 g/mol. The molecule has 0 spiro atoms. The second kappa shape index (κ2) is 10.7. The molecule has 5 nitrogen and oxygen atoms in total. The molecular weight excluding hydrogens is 379 g/mol. The van der Waals surface area contributed by atoms with Crippen LogP contribution in [0.3, 0.4) is 0 Å². The highest BCUT2D eigenvalue weighted by molar-refractivity contribution is 14.0. The van der Waals surface area contributed by atoms with Gasteiger partial charge in [0.05, 0.1) is 6.61 Å². The summed E-state index contributed by atoms with van der Waals surface area (Å²) in [5.74, 6) is 0.784. The molecule has 1 unspecified atom stereocenters. The van der Waals surface area contributed by atoms with Crippen LogP contribution >= 0.6 is 24.0 Å². The highest BCUT2D eigenvalue weighted by Gasteiger charge is 2.04. The van der Waals surface area contributed by atoms with Crippen molar-refractivity contribution in [2.75, 3.05) is 39.8 Å². The van der Waals surface area contributed by atoms with Crippen LogP contribution < -0.4 is 15.5 Å². The number of anilines is 1. The van der Waals surface area contributed by atoms with Gasteiger partial charge in [-0.3, -0.25) is 4.99 Å². The molecule has 21 heavy (non-hydrogen) atoms. The van der Waals surface area contributed by atoms with Crippen molar-refractivity contribution in [3.8, 4) is 0 Å². The third-order valence-electron chi connectivity index (χ3n) is 2.94. The quantitative estimate of drug-likeness (QED) is 0.432. The Balaban J connectivity index is 0.00000400. The first-order chi connectivity index (χ1) is 9.56. The smallest absolute Gasteiger partial charge is 0.191 e. The van der Waals surface area contributed by atoms with Gasteiger partial charge in [-0.15, -0.1) is 24.0 Å². The maximum Gasteiger partial charge on any atom is 0.191 e. The zero-order chi connectivity index (χ0) is 15.0. The monoisotopic (exact) mass is 406 g/mol. The Bertz CT molecular complexity index is 420. The number of nitrogens with zero attached hydrogens (tertiary/aromatic N) is 2.